The maximum absolute atomic E-state index is 13.6. The Labute approximate surface area is 167 Å². The lowest BCUT2D eigenvalue weighted by atomic mass is 9.66. The Bertz CT molecular complexity index is 860. The standard InChI is InChI=1S/C24H29NO3/c1-4-5-6-10-24-18-14-20(28-3)19(27-2)13-15(18)9-11-25(24)23(26)21-16-7-8-17(12-16)22(21)24/h4,7-8,13-14,16-17,21-22H,1,5-6,9-12H2,2-3H3/t16-,17+,21-,22+,24-/m1/s1. The number of allylic oxidation sites excluding steroid dienone is 3. The van der Waals surface area contributed by atoms with Gasteiger partial charge in [0.2, 0.25) is 5.91 Å². The summed E-state index contributed by atoms with van der Waals surface area (Å²) >= 11 is 0. The Morgan fingerprint density at radius 3 is 2.71 bits per heavy atom. The minimum Gasteiger partial charge on any atom is -0.493 e. The highest BCUT2D eigenvalue weighted by Gasteiger charge is 2.67. The molecule has 0 spiro atoms. The van der Waals surface area contributed by atoms with E-state index in [0.717, 1.165) is 50.1 Å². The molecule has 2 bridgehead atoms. The summed E-state index contributed by atoms with van der Waals surface area (Å²) < 4.78 is 11.2. The van der Waals surface area contributed by atoms with Crippen molar-refractivity contribution in [1.29, 1.82) is 0 Å². The first-order chi connectivity index (χ1) is 13.7. The fraction of sp³-hybridized carbons (Fsp3) is 0.542. The molecule has 1 saturated carbocycles. The Morgan fingerprint density at radius 1 is 1.21 bits per heavy atom. The first-order valence-corrected chi connectivity index (χ1v) is 10.5. The van der Waals surface area contributed by atoms with Crippen LogP contribution in [0.3, 0.4) is 0 Å². The topological polar surface area (TPSA) is 38.8 Å². The van der Waals surface area contributed by atoms with E-state index < -0.39 is 0 Å². The molecule has 4 aliphatic rings. The van der Waals surface area contributed by atoms with E-state index in [1.54, 1.807) is 14.2 Å². The zero-order chi connectivity index (χ0) is 19.5. The Balaban J connectivity index is 1.70. The summed E-state index contributed by atoms with van der Waals surface area (Å²) in [5, 5.41) is 0. The number of benzene rings is 1. The molecule has 2 aliphatic carbocycles. The van der Waals surface area contributed by atoms with Gasteiger partial charge in [-0.15, -0.1) is 6.58 Å². The predicted octanol–water partition coefficient (Wildman–Crippen LogP) is 4.09. The van der Waals surface area contributed by atoms with Crippen LogP contribution in [-0.2, 0) is 16.8 Å². The number of methoxy groups -OCH3 is 2. The van der Waals surface area contributed by atoms with Gasteiger partial charge in [0, 0.05) is 12.5 Å². The van der Waals surface area contributed by atoms with Gasteiger partial charge in [0.1, 0.15) is 0 Å². The van der Waals surface area contributed by atoms with Crippen LogP contribution >= 0.6 is 0 Å². The molecule has 4 nitrogen and oxygen atoms in total. The highest BCUT2D eigenvalue weighted by molar-refractivity contribution is 5.86. The number of carbonyl (C=O) groups excluding carboxylic acids is 1. The molecular formula is C24H29NO3. The maximum atomic E-state index is 13.6. The third-order valence-electron chi connectivity index (χ3n) is 7.69. The molecule has 0 N–H and O–H groups in total. The fourth-order valence-electron chi connectivity index (χ4n) is 6.72. The summed E-state index contributed by atoms with van der Waals surface area (Å²) in [7, 11) is 3.38. The monoisotopic (exact) mass is 379 g/mol. The summed E-state index contributed by atoms with van der Waals surface area (Å²) in [6.45, 7) is 4.72. The molecule has 2 aliphatic heterocycles. The van der Waals surface area contributed by atoms with E-state index in [2.05, 4.69) is 35.8 Å². The number of rotatable bonds is 6. The fourth-order valence-corrected chi connectivity index (χ4v) is 6.72. The van der Waals surface area contributed by atoms with Crippen molar-refractivity contribution in [2.45, 2.75) is 37.6 Å². The maximum Gasteiger partial charge on any atom is 0.227 e. The third kappa shape index (κ3) is 2.15. The van der Waals surface area contributed by atoms with E-state index >= 15 is 0 Å². The Kier molecular flexibility index (Phi) is 4.08. The van der Waals surface area contributed by atoms with Gasteiger partial charge >= 0.3 is 0 Å². The van der Waals surface area contributed by atoms with Gasteiger partial charge in [0.15, 0.2) is 11.5 Å². The minimum absolute atomic E-state index is 0.151. The lowest BCUT2D eigenvalue weighted by molar-refractivity contribution is -0.135. The second-order valence-corrected chi connectivity index (χ2v) is 8.71. The van der Waals surface area contributed by atoms with Crippen molar-refractivity contribution in [2.24, 2.45) is 23.7 Å². The lowest BCUT2D eigenvalue weighted by Crippen LogP contribution is -2.52. The molecule has 2 fully saturated rings. The van der Waals surface area contributed by atoms with Crippen molar-refractivity contribution in [3.05, 3.63) is 48.1 Å². The second-order valence-electron chi connectivity index (χ2n) is 8.71. The normalized spacial score (nSPS) is 34.2. The van der Waals surface area contributed by atoms with Gasteiger partial charge in [-0.05, 0) is 67.2 Å². The van der Waals surface area contributed by atoms with Crippen LogP contribution in [0.4, 0.5) is 0 Å². The van der Waals surface area contributed by atoms with E-state index in [1.165, 1.54) is 11.1 Å². The minimum atomic E-state index is -0.220. The van der Waals surface area contributed by atoms with Gasteiger partial charge < -0.3 is 14.4 Å². The number of nitrogens with zero attached hydrogens (tertiary/aromatic N) is 1. The molecular weight excluding hydrogens is 350 g/mol. The molecule has 0 radical (unpaired) electrons. The Hall–Kier alpha value is -2.23. The molecule has 0 aromatic heterocycles. The molecule has 1 aromatic rings. The molecule has 5 atom stereocenters. The molecule has 1 amide bonds. The predicted molar refractivity (Wildman–Crippen MR) is 108 cm³/mol. The van der Waals surface area contributed by atoms with Gasteiger partial charge in [-0.1, -0.05) is 18.2 Å². The molecule has 5 rings (SSSR count). The first-order valence-electron chi connectivity index (χ1n) is 10.5. The van der Waals surface area contributed by atoms with Gasteiger partial charge in [-0.3, -0.25) is 4.79 Å². The van der Waals surface area contributed by atoms with E-state index in [-0.39, 0.29) is 11.5 Å². The molecule has 1 saturated heterocycles. The van der Waals surface area contributed by atoms with Crippen LogP contribution in [0.5, 0.6) is 11.5 Å². The number of hydrogen-bond acceptors (Lipinski definition) is 3. The SMILES string of the molecule is C=CCCC[C@]12c3cc(OC)c(OC)cc3CCN1C(=O)[C@H]1[C@@H]2[C@H]2C=C[C@@H]1C2. The van der Waals surface area contributed by atoms with Gasteiger partial charge in [-0.2, -0.15) is 0 Å². The molecule has 4 heteroatoms. The van der Waals surface area contributed by atoms with Crippen molar-refractivity contribution in [1.82, 2.24) is 4.90 Å². The highest BCUT2D eigenvalue weighted by Crippen LogP contribution is 2.65. The number of amides is 1. The zero-order valence-electron chi connectivity index (χ0n) is 16.8. The average Bonchev–Trinajstić information content (AvgIpc) is 3.40. The highest BCUT2D eigenvalue weighted by atomic mass is 16.5. The third-order valence-corrected chi connectivity index (χ3v) is 7.69. The van der Waals surface area contributed by atoms with E-state index in [1.807, 2.05) is 6.08 Å². The van der Waals surface area contributed by atoms with E-state index in [9.17, 15) is 4.79 Å². The van der Waals surface area contributed by atoms with Gasteiger partial charge in [-0.25, -0.2) is 0 Å². The van der Waals surface area contributed by atoms with E-state index in [4.69, 9.17) is 9.47 Å². The number of carbonyl (C=O) groups is 1. The van der Waals surface area contributed by atoms with Crippen molar-refractivity contribution in [3.63, 3.8) is 0 Å². The van der Waals surface area contributed by atoms with Crippen LogP contribution in [0.15, 0.2) is 36.9 Å². The van der Waals surface area contributed by atoms with Crippen molar-refractivity contribution in [3.8, 4) is 11.5 Å². The van der Waals surface area contributed by atoms with Crippen LogP contribution in [0.2, 0.25) is 0 Å². The summed E-state index contributed by atoms with van der Waals surface area (Å²) in [6.07, 6.45) is 11.7. The van der Waals surface area contributed by atoms with Crippen molar-refractivity contribution < 1.29 is 14.3 Å². The van der Waals surface area contributed by atoms with E-state index in [0.29, 0.717) is 23.7 Å². The first kappa shape index (κ1) is 17.8. The summed E-state index contributed by atoms with van der Waals surface area (Å²) in [4.78, 5) is 15.8. The van der Waals surface area contributed by atoms with Crippen LogP contribution in [0.25, 0.3) is 0 Å². The molecule has 1 aromatic carbocycles. The van der Waals surface area contributed by atoms with Crippen LogP contribution in [-0.4, -0.2) is 31.6 Å². The van der Waals surface area contributed by atoms with Crippen LogP contribution in [0, 0.1) is 23.7 Å². The summed E-state index contributed by atoms with van der Waals surface area (Å²) in [5.41, 5.74) is 2.39. The number of ether oxygens (including phenoxy) is 2. The molecule has 2 heterocycles. The Morgan fingerprint density at radius 2 is 1.96 bits per heavy atom. The average molecular weight is 380 g/mol. The summed E-state index contributed by atoms with van der Waals surface area (Å²) in [6, 6.07) is 4.31. The lowest BCUT2D eigenvalue weighted by Gasteiger charge is -2.48. The smallest absolute Gasteiger partial charge is 0.227 e. The van der Waals surface area contributed by atoms with Gasteiger partial charge in [0.05, 0.1) is 25.7 Å². The number of hydrogen-bond donors (Lipinski definition) is 0. The van der Waals surface area contributed by atoms with Crippen LogP contribution in [0.1, 0.15) is 36.8 Å². The molecule has 28 heavy (non-hydrogen) atoms. The van der Waals surface area contributed by atoms with Crippen LogP contribution < -0.4 is 9.47 Å². The molecule has 0 unspecified atom stereocenters. The number of unbranched alkanes of at least 4 members (excludes halogenated alkanes) is 1. The zero-order valence-corrected chi connectivity index (χ0v) is 16.8. The molecule has 148 valence electrons. The quantitative estimate of drug-likeness (QED) is 0.552. The van der Waals surface area contributed by atoms with Gasteiger partial charge in [0.25, 0.3) is 0 Å². The second kappa shape index (κ2) is 6.40. The van der Waals surface area contributed by atoms with Crippen molar-refractivity contribution >= 4 is 5.91 Å². The number of fused-ring (bicyclic) bond motifs is 9. The largest absolute Gasteiger partial charge is 0.493 e. The summed E-state index contributed by atoms with van der Waals surface area (Å²) in [5.74, 6) is 3.38. The van der Waals surface area contributed by atoms with Crippen molar-refractivity contribution in [2.75, 3.05) is 20.8 Å².